The molecule has 0 fully saturated rings. The van der Waals surface area contributed by atoms with Crippen molar-refractivity contribution in [1.29, 1.82) is 0 Å². The van der Waals surface area contributed by atoms with Crippen molar-refractivity contribution >= 4 is 120 Å². The molecule has 127 heavy (non-hydrogen) atoms. The van der Waals surface area contributed by atoms with E-state index in [2.05, 4.69) is 76.7 Å². The highest BCUT2D eigenvalue weighted by molar-refractivity contribution is 9.10. The summed E-state index contributed by atoms with van der Waals surface area (Å²) in [6.07, 6.45) is 3.61. The van der Waals surface area contributed by atoms with Gasteiger partial charge in [0.1, 0.15) is 23.0 Å². The van der Waals surface area contributed by atoms with Gasteiger partial charge in [-0.25, -0.2) is 4.79 Å². The molecule has 9 N–H and O–H groups in total. The predicted molar refractivity (Wildman–Crippen MR) is 498 cm³/mol. The van der Waals surface area contributed by atoms with Gasteiger partial charge in [-0.1, -0.05) is 168 Å². The Morgan fingerprint density at radius 2 is 0.685 bits per heavy atom. The van der Waals surface area contributed by atoms with E-state index in [0.29, 0.717) is 62.7 Å². The quantitative estimate of drug-likeness (QED) is 0.0514. The zero-order valence-electron chi connectivity index (χ0n) is 70.3. The van der Waals surface area contributed by atoms with Crippen LogP contribution in [0.4, 0.5) is 45.5 Å². The van der Waals surface area contributed by atoms with E-state index in [1.165, 1.54) is 18.6 Å². The number of nitrogens with one attached hydrogen (secondary N) is 8. The van der Waals surface area contributed by atoms with E-state index in [-0.39, 0.29) is 65.0 Å². The van der Waals surface area contributed by atoms with E-state index < -0.39 is 5.97 Å². The second kappa shape index (κ2) is 40.2. The third-order valence-electron chi connectivity index (χ3n) is 21.8. The van der Waals surface area contributed by atoms with Gasteiger partial charge in [0.25, 0.3) is 0 Å². The fourth-order valence-corrected chi connectivity index (χ4v) is 15.7. The van der Waals surface area contributed by atoms with Crippen LogP contribution in [-0.4, -0.2) is 92.1 Å². The molecule has 8 aliphatic heterocycles. The van der Waals surface area contributed by atoms with E-state index >= 15 is 0 Å². The first kappa shape index (κ1) is 87.8. The Morgan fingerprint density at radius 3 is 1.15 bits per heavy atom. The highest BCUT2D eigenvalue weighted by atomic mass is 79.9. The van der Waals surface area contributed by atoms with Crippen LogP contribution in [0.5, 0.6) is 23.0 Å². The van der Waals surface area contributed by atoms with Crippen molar-refractivity contribution in [2.24, 2.45) is 0 Å². The molecule has 638 valence electrons. The van der Waals surface area contributed by atoms with Crippen LogP contribution in [0, 0.1) is 6.92 Å². The second-order valence-corrected chi connectivity index (χ2v) is 31.4. The number of para-hydroxylation sites is 1. The monoisotopic (exact) mass is 1760 g/mol. The van der Waals surface area contributed by atoms with E-state index in [1.807, 2.05) is 225 Å². The third kappa shape index (κ3) is 22.1. The lowest BCUT2D eigenvalue weighted by molar-refractivity contribution is -0.115. The number of carboxylic acid groups (broad SMARTS) is 1. The molecule has 0 atom stereocenters. The fraction of sp³-hybridized carbons (Fsp3) is 0.146. The van der Waals surface area contributed by atoms with Gasteiger partial charge in [0.2, 0.25) is 47.3 Å². The molecule has 8 amide bonds. The van der Waals surface area contributed by atoms with Crippen molar-refractivity contribution in [2.75, 3.05) is 70.5 Å². The number of carbonyl (C=O) groups excluding carboxylic acids is 9. The summed E-state index contributed by atoms with van der Waals surface area (Å²) in [4.78, 5) is 111. The minimum Gasteiger partial charge on any atom is -0.497 e. The summed E-state index contributed by atoms with van der Waals surface area (Å²) in [7, 11) is 4.97. The van der Waals surface area contributed by atoms with Crippen molar-refractivity contribution in [2.45, 2.75) is 72.1 Å². The van der Waals surface area contributed by atoms with Gasteiger partial charge in [0, 0.05) is 61.1 Å². The molecule has 0 aliphatic carbocycles. The van der Waals surface area contributed by atoms with Gasteiger partial charge in [0.15, 0.2) is 5.78 Å². The summed E-state index contributed by atoms with van der Waals surface area (Å²) in [6, 6.07) is 86.4. The maximum Gasteiger partial charge on any atom is 0.335 e. The minimum absolute atomic E-state index is 0.00398. The molecule has 0 spiro atoms. The first-order chi connectivity index (χ1) is 61.4. The van der Waals surface area contributed by atoms with Crippen molar-refractivity contribution in [3.8, 4) is 78.6 Å². The normalized spacial score (nSPS) is 13.3. The molecule has 0 saturated carbocycles. The third-order valence-corrected chi connectivity index (χ3v) is 22.3. The Kier molecular flexibility index (Phi) is 27.8. The molecule has 0 unspecified atom stereocenters. The molecule has 0 radical (unpaired) electrons. The molecule has 13 aromatic rings. The van der Waals surface area contributed by atoms with Crippen LogP contribution in [0.1, 0.15) is 84.6 Å². The molecule has 8 aliphatic rings. The molecule has 23 nitrogen and oxygen atoms in total. The van der Waals surface area contributed by atoms with Gasteiger partial charge in [-0.3, -0.25) is 43.2 Å². The van der Waals surface area contributed by atoms with E-state index in [1.54, 1.807) is 52.5 Å². The Balaban J connectivity index is 0.000000118. The smallest absolute Gasteiger partial charge is 0.335 e. The number of amides is 8. The van der Waals surface area contributed by atoms with E-state index in [0.717, 1.165) is 168 Å². The number of anilines is 8. The van der Waals surface area contributed by atoms with Crippen LogP contribution in [0.2, 0.25) is 0 Å². The fourth-order valence-electron chi connectivity index (χ4n) is 15.3. The molecule has 0 bridgehead atoms. The summed E-state index contributed by atoms with van der Waals surface area (Å²) in [5.74, 6) is 2.78. The Hall–Kier alpha value is -15.6. The topological polar surface area (TPSA) is 324 Å². The van der Waals surface area contributed by atoms with Gasteiger partial charge in [-0.2, -0.15) is 0 Å². The maximum atomic E-state index is 11.4. The number of aromatic carboxylic acids is 1. The minimum atomic E-state index is -0.954. The van der Waals surface area contributed by atoms with Crippen LogP contribution in [0.25, 0.3) is 55.6 Å². The number of ketones is 1. The van der Waals surface area contributed by atoms with Gasteiger partial charge in [-0.15, -0.1) is 0 Å². The lowest BCUT2D eigenvalue weighted by Crippen LogP contribution is -2.03. The molecular formula is C103H89BrN8O15. The van der Waals surface area contributed by atoms with Crippen LogP contribution >= 0.6 is 15.9 Å². The number of hydrogen-bond acceptors (Lipinski definition) is 14. The van der Waals surface area contributed by atoms with Gasteiger partial charge >= 0.3 is 5.97 Å². The number of rotatable bonds is 12. The summed E-state index contributed by atoms with van der Waals surface area (Å²) in [6.45, 7) is 5.87. The van der Waals surface area contributed by atoms with Gasteiger partial charge < -0.3 is 66.6 Å². The lowest BCUT2D eigenvalue weighted by Gasteiger charge is -2.09. The zero-order valence-corrected chi connectivity index (χ0v) is 71.9. The Bertz CT molecular complexity index is 6490. The Morgan fingerprint density at radius 1 is 0.323 bits per heavy atom. The number of halogens is 1. The number of ether oxygens (including phenoxy) is 4. The van der Waals surface area contributed by atoms with Crippen molar-refractivity contribution in [1.82, 2.24) is 0 Å². The Labute approximate surface area is 741 Å². The van der Waals surface area contributed by atoms with Gasteiger partial charge in [0.05, 0.1) is 84.9 Å². The first-order valence-electron chi connectivity index (χ1n) is 40.9. The molecular weight excluding hydrogens is 1670 g/mol. The lowest BCUT2D eigenvalue weighted by atomic mass is 10.0. The molecule has 21 rings (SSSR count). The number of carbonyl (C=O) groups is 10. The van der Waals surface area contributed by atoms with Crippen molar-refractivity contribution < 1.29 is 72.0 Å². The molecule has 13 aromatic carbocycles. The zero-order chi connectivity index (χ0) is 89.4. The molecule has 0 saturated heterocycles. The number of methoxy groups -OCH3 is 3. The molecule has 8 heterocycles. The van der Waals surface area contributed by atoms with Crippen molar-refractivity contribution in [3.63, 3.8) is 0 Å². The standard InChI is InChI=1S/C16H15NO2.3C15H13NO2.C14H11NO.C10H9NO3.C10H9NO2.C8H6BrNO/c1-2-19-14-5-3-4-11(8-14)12-6-7-13-10-16(18)17-15(13)9-12;1-18-13-6-4-10(5-7-13)11-2-3-12-9-15(17)16-14(12)8-11;1-18-13-4-2-3-10(7-13)11-5-6-12-9-15(17)16-14(12)8-11;1-18-14-5-3-2-4-12(14)10-6-7-11-9-15(17)16-13(11)8-10;16-14-9-12-7-6-11(8-13(12)15-14)10-4-2-1-3-5-10;1-5-6(10(13)14)2-3-8-7(5)4-9(12)11-8;1-6(12)7-2-3-9-8(4-7)5-10(13)11-9;9-6-2-1-5-3-8(11)10-7(5)4-6/h3-9H,2,10H2,1H3,(H,17,18);3*2-8H,9H2,1H3,(H,16,17);1-8H,9H2,(H,15,16);2-3H,4H2,1H3,(H,11,12)(H,13,14);2-4H,5H2,1H3,(H,11,13);1-2,4H,3H2,(H,10,11). The van der Waals surface area contributed by atoms with Crippen LogP contribution < -0.4 is 61.5 Å². The number of benzene rings is 13. The average molecular weight is 1760 g/mol. The molecule has 0 aromatic heterocycles. The summed E-state index contributed by atoms with van der Waals surface area (Å²) < 4.78 is 22.2. The maximum absolute atomic E-state index is 11.4. The second-order valence-electron chi connectivity index (χ2n) is 30.4. The predicted octanol–water partition coefficient (Wildman–Crippen LogP) is 19.2. The SMILES string of the molecule is CC(=O)c1ccc2c(c1)CC(=O)N2.CCOc1cccc(-c2ccc3c(c2)NC(=O)C3)c1.COc1ccc(-c2ccc3c(c2)NC(=O)C3)cc1.COc1cccc(-c2ccc3c(c2)NC(=O)C3)c1.COc1ccccc1-c1ccc2c(c1)NC(=O)C2.Cc1c(C(=O)O)ccc2c1CC(=O)N2.O=C1Cc2ccc(-c3ccccc3)cc2N1.O=C1Cc2ccc(Br)cc2N1. The van der Waals surface area contributed by atoms with Gasteiger partial charge in [-0.05, 0) is 236 Å². The summed E-state index contributed by atoms with van der Waals surface area (Å²) in [5, 5.41) is 31.4. The van der Waals surface area contributed by atoms with E-state index in [4.69, 9.17) is 24.1 Å². The highest BCUT2D eigenvalue weighted by Crippen LogP contribution is 2.39. The first-order valence-corrected chi connectivity index (χ1v) is 41.7. The van der Waals surface area contributed by atoms with E-state index in [9.17, 15) is 47.9 Å². The van der Waals surface area contributed by atoms with Crippen LogP contribution in [0.3, 0.4) is 0 Å². The number of fused-ring (bicyclic) bond motifs is 8. The van der Waals surface area contributed by atoms with Crippen LogP contribution in [0.15, 0.2) is 271 Å². The largest absolute Gasteiger partial charge is 0.497 e. The number of carboxylic acids is 1. The van der Waals surface area contributed by atoms with Crippen molar-refractivity contribution in [3.05, 3.63) is 333 Å². The summed E-state index contributed by atoms with van der Waals surface area (Å²) >= 11 is 3.33. The number of Topliss-reactive ketones (excluding diaryl/α,β-unsaturated/α-hetero) is 1. The number of hydrogen-bond donors (Lipinski definition) is 9. The highest BCUT2D eigenvalue weighted by Gasteiger charge is 2.27. The summed E-state index contributed by atoms with van der Waals surface area (Å²) in [5.41, 5.74) is 27.8. The average Bonchev–Trinajstić information content (AvgIpc) is 1.71. The molecule has 24 heteroatoms. The van der Waals surface area contributed by atoms with Crippen LogP contribution in [-0.2, 0) is 89.7 Å².